The fourth-order valence-electron chi connectivity index (χ4n) is 1.02. The Morgan fingerprint density at radius 1 is 1.64 bits per heavy atom. The summed E-state index contributed by atoms with van der Waals surface area (Å²) < 4.78 is 9.94. The molecule has 2 rings (SSSR count). The highest BCUT2D eigenvalue weighted by atomic mass is 35.5. The molecule has 0 bridgehead atoms. The van der Waals surface area contributed by atoms with Crippen LogP contribution in [0, 0.1) is 0 Å². The number of nitrogens with zero attached hydrogens (tertiary/aromatic N) is 1. The van der Waals surface area contributed by atoms with Crippen molar-refractivity contribution in [1.29, 1.82) is 0 Å². The molecular weight excluding hydrogens is 206 g/mol. The number of rotatable bonds is 2. The molecule has 14 heavy (non-hydrogen) atoms. The summed E-state index contributed by atoms with van der Waals surface area (Å²) in [6.07, 6.45) is 2.77. The summed E-state index contributed by atoms with van der Waals surface area (Å²) in [6.45, 7) is 0.924. The van der Waals surface area contributed by atoms with Gasteiger partial charge in [0, 0.05) is 12.4 Å². The van der Waals surface area contributed by atoms with Crippen LogP contribution in [0.2, 0.25) is 5.02 Å². The van der Waals surface area contributed by atoms with Gasteiger partial charge in [-0.2, -0.15) is 0 Å². The zero-order valence-corrected chi connectivity index (χ0v) is 8.03. The fourth-order valence-corrected chi connectivity index (χ4v) is 1.21. The van der Waals surface area contributed by atoms with Crippen LogP contribution < -0.4 is 0 Å². The Labute approximate surface area is 85.8 Å². The first kappa shape index (κ1) is 9.43. The Bertz CT molecular complexity index is 352. The lowest BCUT2D eigenvalue weighted by Crippen LogP contribution is -2.37. The maximum absolute atomic E-state index is 11.5. The van der Waals surface area contributed by atoms with Gasteiger partial charge in [0.2, 0.25) is 0 Å². The van der Waals surface area contributed by atoms with Gasteiger partial charge in [0.1, 0.15) is 6.10 Å². The smallest absolute Gasteiger partial charge is 0.341 e. The second kappa shape index (κ2) is 3.94. The Hall–Kier alpha value is -1.13. The molecule has 1 aromatic heterocycles. The predicted octanol–water partition coefficient (Wildman–Crippen LogP) is 1.29. The molecule has 1 aromatic rings. The summed E-state index contributed by atoms with van der Waals surface area (Å²) in [5.74, 6) is -0.448. The SMILES string of the molecule is O=C(OC1COC1)c1cnccc1Cl. The number of pyridine rings is 1. The third kappa shape index (κ3) is 1.86. The maximum Gasteiger partial charge on any atom is 0.341 e. The first-order valence-corrected chi connectivity index (χ1v) is 4.53. The normalized spacial score (nSPS) is 16.1. The van der Waals surface area contributed by atoms with Crippen molar-refractivity contribution in [3.8, 4) is 0 Å². The molecule has 5 heteroatoms. The van der Waals surface area contributed by atoms with Crippen molar-refractivity contribution in [2.75, 3.05) is 13.2 Å². The van der Waals surface area contributed by atoms with E-state index in [-0.39, 0.29) is 6.10 Å². The Morgan fingerprint density at radius 2 is 2.43 bits per heavy atom. The minimum absolute atomic E-state index is 0.140. The number of esters is 1. The molecule has 0 spiro atoms. The summed E-state index contributed by atoms with van der Waals surface area (Å²) in [6, 6.07) is 1.55. The van der Waals surface area contributed by atoms with Crippen LogP contribution in [-0.2, 0) is 9.47 Å². The van der Waals surface area contributed by atoms with Crippen LogP contribution in [0.3, 0.4) is 0 Å². The lowest BCUT2D eigenvalue weighted by molar-refractivity contribution is -0.103. The molecule has 1 aliphatic rings. The minimum Gasteiger partial charge on any atom is -0.454 e. The molecule has 0 aliphatic carbocycles. The van der Waals surface area contributed by atoms with Crippen molar-refractivity contribution in [3.63, 3.8) is 0 Å². The molecular formula is C9H8ClNO3. The van der Waals surface area contributed by atoms with E-state index in [1.807, 2.05) is 0 Å². The number of halogens is 1. The van der Waals surface area contributed by atoms with Crippen LogP contribution in [0.1, 0.15) is 10.4 Å². The number of hydrogen-bond acceptors (Lipinski definition) is 4. The average Bonchev–Trinajstić information content (AvgIpc) is 2.12. The standard InChI is InChI=1S/C9H8ClNO3/c10-8-1-2-11-3-7(8)9(12)14-6-4-13-5-6/h1-3,6H,4-5H2. The van der Waals surface area contributed by atoms with Crippen molar-refractivity contribution in [2.24, 2.45) is 0 Å². The molecule has 4 nitrogen and oxygen atoms in total. The summed E-state index contributed by atoms with van der Waals surface area (Å²) >= 11 is 5.79. The van der Waals surface area contributed by atoms with E-state index in [0.717, 1.165) is 0 Å². The molecule has 0 radical (unpaired) electrons. The van der Waals surface area contributed by atoms with Crippen LogP contribution in [0.4, 0.5) is 0 Å². The van der Waals surface area contributed by atoms with E-state index < -0.39 is 5.97 Å². The van der Waals surface area contributed by atoms with Crippen molar-refractivity contribution in [2.45, 2.75) is 6.10 Å². The monoisotopic (exact) mass is 213 g/mol. The summed E-state index contributed by atoms with van der Waals surface area (Å²) in [5.41, 5.74) is 0.293. The highest BCUT2D eigenvalue weighted by Crippen LogP contribution is 2.16. The van der Waals surface area contributed by atoms with E-state index in [2.05, 4.69) is 4.98 Å². The second-order valence-corrected chi connectivity index (χ2v) is 3.33. The van der Waals surface area contributed by atoms with E-state index in [4.69, 9.17) is 21.1 Å². The largest absolute Gasteiger partial charge is 0.454 e. The van der Waals surface area contributed by atoms with Crippen LogP contribution in [0.5, 0.6) is 0 Å². The average molecular weight is 214 g/mol. The van der Waals surface area contributed by atoms with Crippen LogP contribution in [0.25, 0.3) is 0 Å². The van der Waals surface area contributed by atoms with Crippen LogP contribution in [-0.4, -0.2) is 30.3 Å². The van der Waals surface area contributed by atoms with Gasteiger partial charge < -0.3 is 9.47 Å². The molecule has 1 aliphatic heterocycles. The third-order valence-corrected chi connectivity index (χ3v) is 2.20. The molecule has 0 amide bonds. The number of aromatic nitrogens is 1. The van der Waals surface area contributed by atoms with Crippen LogP contribution in [0.15, 0.2) is 18.5 Å². The Balaban J connectivity index is 2.06. The van der Waals surface area contributed by atoms with Gasteiger partial charge >= 0.3 is 5.97 Å². The van der Waals surface area contributed by atoms with Gasteiger partial charge in [0.05, 0.1) is 23.8 Å². The molecule has 0 unspecified atom stereocenters. The molecule has 0 N–H and O–H groups in total. The molecule has 0 aromatic carbocycles. The maximum atomic E-state index is 11.5. The Kier molecular flexibility index (Phi) is 2.65. The quantitative estimate of drug-likeness (QED) is 0.695. The molecule has 74 valence electrons. The number of ether oxygens (including phenoxy) is 2. The Morgan fingerprint density at radius 3 is 3.00 bits per heavy atom. The van der Waals surface area contributed by atoms with Crippen molar-refractivity contribution in [1.82, 2.24) is 4.98 Å². The van der Waals surface area contributed by atoms with Crippen molar-refractivity contribution < 1.29 is 14.3 Å². The van der Waals surface area contributed by atoms with Gasteiger partial charge in [-0.05, 0) is 6.07 Å². The van der Waals surface area contributed by atoms with Gasteiger partial charge in [-0.15, -0.1) is 0 Å². The first-order valence-electron chi connectivity index (χ1n) is 4.15. The molecule has 0 atom stereocenters. The minimum atomic E-state index is -0.448. The van der Waals surface area contributed by atoms with Gasteiger partial charge in [-0.3, -0.25) is 4.98 Å². The highest BCUT2D eigenvalue weighted by Gasteiger charge is 2.24. The summed E-state index contributed by atoms with van der Waals surface area (Å²) in [7, 11) is 0. The van der Waals surface area contributed by atoms with Gasteiger partial charge in [-0.1, -0.05) is 11.6 Å². The van der Waals surface area contributed by atoms with Crippen LogP contribution >= 0.6 is 11.6 Å². The van der Waals surface area contributed by atoms with E-state index in [9.17, 15) is 4.79 Å². The third-order valence-electron chi connectivity index (χ3n) is 1.87. The summed E-state index contributed by atoms with van der Waals surface area (Å²) in [5, 5.41) is 0.352. The zero-order valence-electron chi connectivity index (χ0n) is 7.27. The van der Waals surface area contributed by atoms with Gasteiger partial charge in [0.25, 0.3) is 0 Å². The van der Waals surface area contributed by atoms with E-state index >= 15 is 0 Å². The number of hydrogen-bond donors (Lipinski definition) is 0. The second-order valence-electron chi connectivity index (χ2n) is 2.92. The zero-order chi connectivity index (χ0) is 9.97. The van der Waals surface area contributed by atoms with Gasteiger partial charge in [-0.25, -0.2) is 4.79 Å². The topological polar surface area (TPSA) is 48.4 Å². The van der Waals surface area contributed by atoms with E-state index in [0.29, 0.717) is 23.8 Å². The van der Waals surface area contributed by atoms with Crippen molar-refractivity contribution in [3.05, 3.63) is 29.0 Å². The molecule has 1 saturated heterocycles. The summed E-state index contributed by atoms with van der Waals surface area (Å²) in [4.78, 5) is 15.3. The lowest BCUT2D eigenvalue weighted by Gasteiger charge is -2.25. The lowest BCUT2D eigenvalue weighted by atomic mass is 10.2. The molecule has 2 heterocycles. The number of carbonyl (C=O) groups excluding carboxylic acids is 1. The highest BCUT2D eigenvalue weighted by molar-refractivity contribution is 6.33. The number of carbonyl (C=O) groups is 1. The van der Waals surface area contributed by atoms with E-state index in [1.54, 1.807) is 6.07 Å². The first-order chi connectivity index (χ1) is 6.77. The van der Waals surface area contributed by atoms with Gasteiger partial charge in [0.15, 0.2) is 0 Å². The molecule has 0 saturated carbocycles. The van der Waals surface area contributed by atoms with Crippen molar-refractivity contribution >= 4 is 17.6 Å². The fraction of sp³-hybridized carbons (Fsp3) is 0.333. The predicted molar refractivity (Wildman–Crippen MR) is 49.3 cm³/mol. The molecule has 1 fully saturated rings. The van der Waals surface area contributed by atoms with E-state index in [1.165, 1.54) is 12.4 Å².